The van der Waals surface area contributed by atoms with Gasteiger partial charge in [-0.15, -0.1) is 0 Å². The molecule has 0 bridgehead atoms. The second-order valence-electron chi connectivity index (χ2n) is 5.75. The minimum atomic E-state index is -0.588. The van der Waals surface area contributed by atoms with Gasteiger partial charge in [-0.2, -0.15) is 0 Å². The largest absolute Gasteiger partial charge is 0.388 e. The zero-order valence-corrected chi connectivity index (χ0v) is 12.2. The van der Waals surface area contributed by atoms with Gasteiger partial charge in [-0.3, -0.25) is 0 Å². The second kappa shape index (κ2) is 5.88. The van der Waals surface area contributed by atoms with Crippen LogP contribution in [0.1, 0.15) is 45.2 Å². The molecule has 4 heteroatoms. The molecule has 0 amide bonds. The third-order valence-electron chi connectivity index (χ3n) is 3.78. The number of nitrogens with one attached hydrogen (secondary N) is 1. The highest BCUT2D eigenvalue weighted by Gasteiger charge is 2.28. The van der Waals surface area contributed by atoms with E-state index in [-0.39, 0.29) is 0 Å². The molecule has 0 spiro atoms. The van der Waals surface area contributed by atoms with Crippen molar-refractivity contribution >= 4 is 5.82 Å². The Labute approximate surface area is 115 Å². The standard InChI is InChI=1S/C15H25N3O/c1-4-16-12(2)13-6-7-14(17-10-13)18-9-5-8-15(3,19)11-18/h6-7,10,12,16,19H,4-5,8-9,11H2,1-3H3. The van der Waals surface area contributed by atoms with Crippen molar-refractivity contribution in [1.29, 1.82) is 0 Å². The highest BCUT2D eigenvalue weighted by molar-refractivity contribution is 5.41. The van der Waals surface area contributed by atoms with E-state index in [0.717, 1.165) is 31.7 Å². The summed E-state index contributed by atoms with van der Waals surface area (Å²) in [7, 11) is 0. The number of piperidine rings is 1. The van der Waals surface area contributed by atoms with Gasteiger partial charge in [-0.05, 0) is 44.9 Å². The first-order valence-corrected chi connectivity index (χ1v) is 7.18. The van der Waals surface area contributed by atoms with Crippen LogP contribution in [-0.2, 0) is 0 Å². The minimum Gasteiger partial charge on any atom is -0.388 e. The maximum atomic E-state index is 10.1. The van der Waals surface area contributed by atoms with Gasteiger partial charge < -0.3 is 15.3 Å². The summed E-state index contributed by atoms with van der Waals surface area (Å²) in [5.74, 6) is 0.965. The van der Waals surface area contributed by atoms with E-state index in [2.05, 4.69) is 41.2 Å². The number of hydrogen-bond acceptors (Lipinski definition) is 4. The van der Waals surface area contributed by atoms with Crippen LogP contribution in [0, 0.1) is 0 Å². The lowest BCUT2D eigenvalue weighted by atomic mass is 9.95. The quantitative estimate of drug-likeness (QED) is 0.873. The van der Waals surface area contributed by atoms with Gasteiger partial charge in [0.15, 0.2) is 0 Å². The van der Waals surface area contributed by atoms with Crippen LogP contribution >= 0.6 is 0 Å². The molecule has 0 aromatic carbocycles. The highest BCUT2D eigenvalue weighted by Crippen LogP contribution is 2.25. The number of anilines is 1. The molecule has 106 valence electrons. The lowest BCUT2D eigenvalue weighted by molar-refractivity contribution is 0.0447. The van der Waals surface area contributed by atoms with Crippen molar-refractivity contribution in [3.63, 3.8) is 0 Å². The lowest BCUT2D eigenvalue weighted by Gasteiger charge is -2.37. The summed E-state index contributed by atoms with van der Waals surface area (Å²) in [6.07, 6.45) is 3.83. The average Bonchev–Trinajstić information content (AvgIpc) is 2.38. The number of nitrogens with zero attached hydrogens (tertiary/aromatic N) is 2. The molecule has 1 aromatic heterocycles. The van der Waals surface area contributed by atoms with E-state index in [1.54, 1.807) is 0 Å². The molecule has 1 aliphatic heterocycles. The number of aromatic nitrogens is 1. The molecule has 1 aromatic rings. The first kappa shape index (κ1) is 14.3. The van der Waals surface area contributed by atoms with Crippen LogP contribution in [0.25, 0.3) is 0 Å². The molecule has 1 saturated heterocycles. The Bertz CT molecular complexity index is 402. The van der Waals surface area contributed by atoms with Gasteiger partial charge in [0.05, 0.1) is 5.60 Å². The SMILES string of the molecule is CCNC(C)c1ccc(N2CCCC(C)(O)C2)nc1. The molecule has 0 aliphatic carbocycles. The fourth-order valence-corrected chi connectivity index (χ4v) is 2.68. The molecule has 2 rings (SSSR count). The predicted octanol–water partition coefficient (Wildman–Crippen LogP) is 2.10. The molecule has 2 heterocycles. The van der Waals surface area contributed by atoms with Crippen LogP contribution in [0.3, 0.4) is 0 Å². The Morgan fingerprint density at radius 3 is 2.89 bits per heavy atom. The third-order valence-corrected chi connectivity index (χ3v) is 3.78. The number of rotatable bonds is 4. The van der Waals surface area contributed by atoms with Crippen LogP contribution in [0.5, 0.6) is 0 Å². The Kier molecular flexibility index (Phi) is 4.42. The van der Waals surface area contributed by atoms with Crippen molar-refractivity contribution in [3.8, 4) is 0 Å². The number of hydrogen-bond donors (Lipinski definition) is 2. The molecule has 4 nitrogen and oxygen atoms in total. The summed E-state index contributed by atoms with van der Waals surface area (Å²) >= 11 is 0. The maximum Gasteiger partial charge on any atom is 0.128 e. The molecule has 2 unspecified atom stereocenters. The van der Waals surface area contributed by atoms with E-state index in [1.165, 1.54) is 5.56 Å². The number of pyridine rings is 1. The third kappa shape index (κ3) is 3.67. The molecular formula is C15H25N3O. The normalized spacial score (nSPS) is 25.4. The molecule has 0 radical (unpaired) electrons. The maximum absolute atomic E-state index is 10.1. The van der Waals surface area contributed by atoms with E-state index >= 15 is 0 Å². The van der Waals surface area contributed by atoms with Crippen molar-refractivity contribution in [2.24, 2.45) is 0 Å². The number of aliphatic hydroxyl groups is 1. The molecule has 1 fully saturated rings. The van der Waals surface area contributed by atoms with Crippen molar-refractivity contribution in [3.05, 3.63) is 23.9 Å². The van der Waals surface area contributed by atoms with E-state index in [9.17, 15) is 5.11 Å². The molecule has 2 N–H and O–H groups in total. The average molecular weight is 263 g/mol. The summed E-state index contributed by atoms with van der Waals surface area (Å²) in [6, 6.07) is 4.51. The Hall–Kier alpha value is -1.13. The van der Waals surface area contributed by atoms with Gasteiger partial charge in [0.1, 0.15) is 5.82 Å². The summed E-state index contributed by atoms with van der Waals surface area (Å²) in [5, 5.41) is 13.5. The summed E-state index contributed by atoms with van der Waals surface area (Å²) in [4.78, 5) is 6.72. The fourth-order valence-electron chi connectivity index (χ4n) is 2.68. The molecule has 1 aliphatic rings. The molecule has 2 atom stereocenters. The molecule has 19 heavy (non-hydrogen) atoms. The predicted molar refractivity (Wildman–Crippen MR) is 78.4 cm³/mol. The van der Waals surface area contributed by atoms with Gasteiger partial charge in [0.2, 0.25) is 0 Å². The summed E-state index contributed by atoms with van der Waals surface area (Å²) in [6.45, 7) is 8.76. The molecular weight excluding hydrogens is 238 g/mol. The second-order valence-corrected chi connectivity index (χ2v) is 5.75. The highest BCUT2D eigenvalue weighted by atomic mass is 16.3. The minimum absolute atomic E-state index is 0.330. The van der Waals surface area contributed by atoms with Crippen molar-refractivity contribution < 1.29 is 5.11 Å². The van der Waals surface area contributed by atoms with E-state index < -0.39 is 5.60 Å². The van der Waals surface area contributed by atoms with Gasteiger partial charge in [0.25, 0.3) is 0 Å². The van der Waals surface area contributed by atoms with Crippen LogP contribution in [-0.4, -0.2) is 35.3 Å². The van der Waals surface area contributed by atoms with Crippen LogP contribution in [0.15, 0.2) is 18.3 Å². The zero-order chi connectivity index (χ0) is 13.9. The lowest BCUT2D eigenvalue weighted by Crippen LogP contribution is -2.46. The van der Waals surface area contributed by atoms with E-state index in [0.29, 0.717) is 12.6 Å². The fraction of sp³-hybridized carbons (Fsp3) is 0.667. The van der Waals surface area contributed by atoms with Crippen molar-refractivity contribution in [2.75, 3.05) is 24.5 Å². The van der Waals surface area contributed by atoms with Crippen molar-refractivity contribution in [1.82, 2.24) is 10.3 Å². The van der Waals surface area contributed by atoms with Gasteiger partial charge in [-0.25, -0.2) is 4.98 Å². The van der Waals surface area contributed by atoms with Gasteiger partial charge in [0, 0.05) is 25.3 Å². The van der Waals surface area contributed by atoms with Crippen LogP contribution in [0.4, 0.5) is 5.82 Å². The molecule has 0 saturated carbocycles. The first-order valence-electron chi connectivity index (χ1n) is 7.18. The Balaban J connectivity index is 2.05. The zero-order valence-electron chi connectivity index (χ0n) is 12.2. The monoisotopic (exact) mass is 263 g/mol. The van der Waals surface area contributed by atoms with E-state index in [4.69, 9.17) is 0 Å². The van der Waals surface area contributed by atoms with Gasteiger partial charge in [-0.1, -0.05) is 13.0 Å². The Morgan fingerprint density at radius 1 is 1.53 bits per heavy atom. The summed E-state index contributed by atoms with van der Waals surface area (Å²) < 4.78 is 0. The van der Waals surface area contributed by atoms with E-state index in [1.807, 2.05) is 13.1 Å². The van der Waals surface area contributed by atoms with Gasteiger partial charge >= 0.3 is 0 Å². The Morgan fingerprint density at radius 2 is 2.32 bits per heavy atom. The van der Waals surface area contributed by atoms with Crippen molar-refractivity contribution in [2.45, 2.75) is 45.3 Å². The smallest absolute Gasteiger partial charge is 0.128 e. The topological polar surface area (TPSA) is 48.4 Å². The van der Waals surface area contributed by atoms with Crippen LogP contribution < -0.4 is 10.2 Å². The van der Waals surface area contributed by atoms with Crippen LogP contribution in [0.2, 0.25) is 0 Å². The summed E-state index contributed by atoms with van der Waals surface area (Å²) in [5.41, 5.74) is 0.615. The number of β-amino-alcohol motifs (C(OH)–C–C–N with tert-alkyl or cyclic N) is 1. The first-order chi connectivity index (χ1) is 9.02.